The topological polar surface area (TPSA) is 83.8 Å². The molecule has 0 bridgehead atoms. The fourth-order valence-electron chi connectivity index (χ4n) is 0.511. The highest BCUT2D eigenvalue weighted by atomic mass is 35.5. The maximum atomic E-state index is 10.8. The van der Waals surface area contributed by atoms with Crippen LogP contribution in [0, 0.1) is 5.92 Å². The minimum absolute atomic E-state index is 0. The first-order valence-electron chi connectivity index (χ1n) is 3.51. The average molecular weight is 200 g/mol. The van der Waals surface area contributed by atoms with Crippen LogP contribution in [-0.2, 0) is 9.53 Å². The molecule has 0 spiro atoms. The van der Waals surface area contributed by atoms with E-state index < -0.39 is 6.04 Å². The second-order valence-electron chi connectivity index (χ2n) is 2.52. The van der Waals surface area contributed by atoms with Crippen molar-refractivity contribution in [1.29, 1.82) is 0 Å². The van der Waals surface area contributed by atoms with E-state index in [9.17, 15) is 4.79 Å². The largest absolute Gasteiger partial charge is 0.465 e. The molecule has 0 radical (unpaired) electrons. The van der Waals surface area contributed by atoms with Gasteiger partial charge in [0, 0.05) is 0 Å². The van der Waals surface area contributed by atoms with E-state index in [1.807, 2.05) is 13.8 Å². The Hall–Kier alpha value is -0.320. The maximum absolute atomic E-state index is 10.8. The van der Waals surface area contributed by atoms with Gasteiger partial charge in [0.25, 0.3) is 0 Å². The number of ether oxygens (including phenoxy) is 1. The smallest absolute Gasteiger partial charge is 0.323 e. The van der Waals surface area contributed by atoms with Crippen LogP contribution in [0.5, 0.6) is 0 Å². The fraction of sp³-hybridized carbons (Fsp3) is 0.857. The van der Waals surface area contributed by atoms with Gasteiger partial charge in [0.2, 0.25) is 0 Å². The van der Waals surface area contributed by atoms with Crippen molar-refractivity contribution in [2.24, 2.45) is 11.7 Å². The Morgan fingerprint density at radius 3 is 2.17 bits per heavy atom. The van der Waals surface area contributed by atoms with Gasteiger partial charge in [-0.3, -0.25) is 4.79 Å². The van der Waals surface area contributed by atoms with Gasteiger partial charge in [0.15, 0.2) is 0 Å². The van der Waals surface area contributed by atoms with Crippen molar-refractivity contribution in [1.82, 2.24) is 0 Å². The number of hydrogen-bond acceptors (Lipinski definition) is 3. The highest BCUT2D eigenvalue weighted by Gasteiger charge is 2.17. The number of halogens is 1. The molecule has 0 saturated heterocycles. The monoisotopic (exact) mass is 199 g/mol. The Kier molecular flexibility index (Phi) is 12.9. The van der Waals surface area contributed by atoms with Crippen LogP contribution in [0.2, 0.25) is 0 Å². The number of rotatable bonds is 3. The first kappa shape index (κ1) is 17.7. The van der Waals surface area contributed by atoms with E-state index in [0.717, 1.165) is 0 Å². The molecule has 0 aromatic heterocycles. The van der Waals surface area contributed by atoms with Crippen molar-refractivity contribution in [2.45, 2.75) is 26.8 Å². The van der Waals surface area contributed by atoms with Crippen LogP contribution in [0.25, 0.3) is 0 Å². The SMILES string of the molecule is CCOC(=O)C(N)C(C)C.Cl.O. The van der Waals surface area contributed by atoms with E-state index in [4.69, 9.17) is 10.5 Å². The van der Waals surface area contributed by atoms with Gasteiger partial charge in [-0.1, -0.05) is 13.8 Å². The summed E-state index contributed by atoms with van der Waals surface area (Å²) in [6.45, 7) is 5.95. The van der Waals surface area contributed by atoms with Crippen molar-refractivity contribution in [3.8, 4) is 0 Å². The summed E-state index contributed by atoms with van der Waals surface area (Å²) >= 11 is 0. The molecule has 0 saturated carbocycles. The number of carbonyl (C=O) groups excluding carboxylic acids is 1. The molecule has 4 N–H and O–H groups in total. The summed E-state index contributed by atoms with van der Waals surface area (Å²) in [5, 5.41) is 0. The lowest BCUT2D eigenvalue weighted by atomic mass is 10.1. The Morgan fingerprint density at radius 2 is 1.92 bits per heavy atom. The van der Waals surface area contributed by atoms with Crippen molar-refractivity contribution in [3.63, 3.8) is 0 Å². The molecule has 5 heteroatoms. The summed E-state index contributed by atoms with van der Waals surface area (Å²) in [6.07, 6.45) is 0. The van der Waals surface area contributed by atoms with E-state index in [0.29, 0.717) is 6.61 Å². The van der Waals surface area contributed by atoms with Gasteiger partial charge >= 0.3 is 5.97 Å². The molecule has 0 heterocycles. The standard InChI is InChI=1S/C7H15NO2.ClH.H2O/c1-4-10-7(9)6(8)5(2)3;;/h5-6H,4,8H2,1-3H3;1H;1H2. The van der Waals surface area contributed by atoms with Crippen LogP contribution in [0.1, 0.15) is 20.8 Å². The van der Waals surface area contributed by atoms with Crippen molar-refractivity contribution in [2.75, 3.05) is 6.61 Å². The van der Waals surface area contributed by atoms with E-state index in [1.165, 1.54) is 0 Å². The molecule has 0 amide bonds. The van der Waals surface area contributed by atoms with E-state index >= 15 is 0 Å². The predicted molar refractivity (Wildman–Crippen MR) is 50.3 cm³/mol. The molecule has 0 fully saturated rings. The molecule has 4 nitrogen and oxygen atoms in total. The maximum Gasteiger partial charge on any atom is 0.323 e. The van der Waals surface area contributed by atoms with Crippen LogP contribution in [0.15, 0.2) is 0 Å². The first-order valence-corrected chi connectivity index (χ1v) is 3.51. The molecular formula is C7H18ClNO3. The second-order valence-corrected chi connectivity index (χ2v) is 2.52. The Labute approximate surface area is 79.2 Å². The summed E-state index contributed by atoms with van der Waals surface area (Å²) in [6, 6.07) is -0.472. The van der Waals surface area contributed by atoms with Crippen molar-refractivity contribution >= 4 is 18.4 Å². The lowest BCUT2D eigenvalue weighted by Gasteiger charge is -2.12. The summed E-state index contributed by atoms with van der Waals surface area (Å²) in [7, 11) is 0. The third-order valence-corrected chi connectivity index (χ3v) is 1.28. The van der Waals surface area contributed by atoms with E-state index in [2.05, 4.69) is 0 Å². The van der Waals surface area contributed by atoms with Crippen LogP contribution in [0.3, 0.4) is 0 Å². The van der Waals surface area contributed by atoms with E-state index in [1.54, 1.807) is 6.92 Å². The van der Waals surface area contributed by atoms with Crippen molar-refractivity contribution < 1.29 is 15.0 Å². The van der Waals surface area contributed by atoms with E-state index in [-0.39, 0.29) is 29.8 Å². The van der Waals surface area contributed by atoms with Crippen LogP contribution >= 0.6 is 12.4 Å². The number of esters is 1. The molecule has 0 aromatic rings. The molecule has 1 atom stereocenters. The molecule has 12 heavy (non-hydrogen) atoms. The Balaban J connectivity index is -0.000000405. The predicted octanol–water partition coefficient (Wildman–Crippen LogP) is 0.130. The number of carbonyl (C=O) groups is 1. The fourth-order valence-corrected chi connectivity index (χ4v) is 0.511. The van der Waals surface area contributed by atoms with Gasteiger partial charge in [-0.2, -0.15) is 0 Å². The van der Waals surface area contributed by atoms with Crippen LogP contribution in [0.4, 0.5) is 0 Å². The molecular weight excluding hydrogens is 182 g/mol. The molecule has 0 aliphatic carbocycles. The van der Waals surface area contributed by atoms with Gasteiger partial charge in [-0.25, -0.2) is 0 Å². The number of hydrogen-bond donors (Lipinski definition) is 1. The lowest BCUT2D eigenvalue weighted by molar-refractivity contribution is -0.145. The van der Waals surface area contributed by atoms with Crippen molar-refractivity contribution in [3.05, 3.63) is 0 Å². The third kappa shape index (κ3) is 6.39. The Bertz CT molecular complexity index is 119. The second kappa shape index (κ2) is 8.77. The molecule has 0 aliphatic heterocycles. The first-order chi connectivity index (χ1) is 4.59. The summed E-state index contributed by atoms with van der Waals surface area (Å²) in [5.41, 5.74) is 5.47. The molecule has 1 unspecified atom stereocenters. The number of nitrogens with two attached hydrogens (primary N) is 1. The molecule has 0 rings (SSSR count). The van der Waals surface area contributed by atoms with Crippen LogP contribution < -0.4 is 5.73 Å². The Morgan fingerprint density at radius 1 is 1.50 bits per heavy atom. The normalized spacial score (nSPS) is 11.1. The van der Waals surface area contributed by atoms with Gasteiger partial charge in [0.1, 0.15) is 6.04 Å². The van der Waals surface area contributed by atoms with Gasteiger partial charge < -0.3 is 15.9 Å². The van der Waals surface area contributed by atoms with Crippen LogP contribution in [-0.4, -0.2) is 24.1 Å². The minimum Gasteiger partial charge on any atom is -0.465 e. The molecule has 0 aromatic carbocycles. The third-order valence-electron chi connectivity index (χ3n) is 1.28. The highest BCUT2D eigenvalue weighted by Crippen LogP contribution is 1.99. The zero-order chi connectivity index (χ0) is 8.15. The van der Waals surface area contributed by atoms with Gasteiger partial charge in [-0.05, 0) is 12.8 Å². The summed E-state index contributed by atoms with van der Waals surface area (Å²) in [4.78, 5) is 10.8. The van der Waals surface area contributed by atoms with Gasteiger partial charge in [-0.15, -0.1) is 12.4 Å². The zero-order valence-electron chi connectivity index (χ0n) is 7.66. The highest BCUT2D eigenvalue weighted by molar-refractivity contribution is 5.85. The summed E-state index contributed by atoms with van der Waals surface area (Å²) in [5.74, 6) is -0.156. The zero-order valence-corrected chi connectivity index (χ0v) is 8.48. The van der Waals surface area contributed by atoms with Gasteiger partial charge in [0.05, 0.1) is 6.61 Å². The quantitative estimate of drug-likeness (QED) is 0.656. The average Bonchev–Trinajstić information content (AvgIpc) is 1.87. The summed E-state index contributed by atoms with van der Waals surface area (Å²) < 4.78 is 4.70. The molecule has 0 aliphatic rings. The lowest BCUT2D eigenvalue weighted by Crippen LogP contribution is -2.36. The minimum atomic E-state index is -0.472. The molecule has 76 valence electrons.